The fraction of sp³-hybridized carbons (Fsp3) is 0.233. The van der Waals surface area contributed by atoms with Gasteiger partial charge < -0.3 is 14.8 Å². The first kappa shape index (κ1) is 29.8. The number of hydrogen-bond donors (Lipinski definition) is 2. The van der Waals surface area contributed by atoms with Crippen LogP contribution in [0, 0.1) is 12.7 Å². The van der Waals surface area contributed by atoms with Gasteiger partial charge in [0.15, 0.2) is 0 Å². The lowest BCUT2D eigenvalue weighted by Gasteiger charge is -2.16. The zero-order valence-electron chi connectivity index (χ0n) is 21.7. The number of amides is 1. The maximum Gasteiger partial charge on any atom is 0.418 e. The van der Waals surface area contributed by atoms with Crippen LogP contribution in [-0.4, -0.2) is 17.0 Å². The second kappa shape index (κ2) is 12.1. The van der Waals surface area contributed by atoms with E-state index in [-0.39, 0.29) is 23.6 Å². The maximum absolute atomic E-state index is 13.5. The molecule has 214 valence electrons. The van der Waals surface area contributed by atoms with Crippen LogP contribution in [0.25, 0.3) is 22.1 Å². The fourth-order valence-corrected chi connectivity index (χ4v) is 4.72. The molecule has 0 spiro atoms. The Morgan fingerprint density at radius 1 is 1.05 bits per heavy atom. The minimum absolute atomic E-state index is 0.0352. The summed E-state index contributed by atoms with van der Waals surface area (Å²) in [4.78, 5) is 37.0. The van der Waals surface area contributed by atoms with Crippen LogP contribution in [0.2, 0.25) is 5.02 Å². The molecule has 1 amide bonds. The summed E-state index contributed by atoms with van der Waals surface area (Å²) in [5.41, 5.74) is -0.379. The van der Waals surface area contributed by atoms with Crippen molar-refractivity contribution in [1.29, 1.82) is 0 Å². The summed E-state index contributed by atoms with van der Waals surface area (Å²) in [6.07, 6.45) is -3.88. The van der Waals surface area contributed by atoms with E-state index in [0.29, 0.717) is 46.4 Å². The Morgan fingerprint density at radius 3 is 2.51 bits per heavy atom. The average molecular weight is 590 g/mol. The van der Waals surface area contributed by atoms with Gasteiger partial charge in [0, 0.05) is 28.5 Å². The number of nitrogens with one attached hydrogen (secondary N) is 1. The van der Waals surface area contributed by atoms with Crippen molar-refractivity contribution in [2.75, 3.05) is 5.32 Å². The third kappa shape index (κ3) is 7.13. The number of aliphatic carboxylic acids is 1. The first-order valence-electron chi connectivity index (χ1n) is 12.6. The van der Waals surface area contributed by atoms with E-state index < -0.39 is 47.2 Å². The zero-order chi connectivity index (χ0) is 29.9. The molecule has 41 heavy (non-hydrogen) atoms. The van der Waals surface area contributed by atoms with Crippen LogP contribution in [0.1, 0.15) is 41.5 Å². The Balaban J connectivity index is 1.77. The molecule has 4 aromatic rings. The number of halogens is 5. The fourth-order valence-electron chi connectivity index (χ4n) is 4.56. The molecule has 0 atom stereocenters. The summed E-state index contributed by atoms with van der Waals surface area (Å²) in [6, 6.07) is 12.2. The van der Waals surface area contributed by atoms with Crippen LogP contribution in [0.3, 0.4) is 0 Å². The molecule has 0 aliphatic rings. The van der Waals surface area contributed by atoms with E-state index >= 15 is 0 Å². The van der Waals surface area contributed by atoms with Gasteiger partial charge in [-0.1, -0.05) is 35.9 Å². The summed E-state index contributed by atoms with van der Waals surface area (Å²) < 4.78 is 59.4. The molecule has 0 aliphatic carbocycles. The van der Waals surface area contributed by atoms with Gasteiger partial charge in [0.25, 0.3) is 0 Å². The number of benzene rings is 3. The SMILES string of the molecule is Cc1cc2c(-c3cccc(CCCCC(=O)O)c3)c(CC(=O)Nc3ccc(F)cc3C(F)(F)F)c(=O)oc2cc1Cl. The molecule has 0 radical (unpaired) electrons. The van der Waals surface area contributed by atoms with Gasteiger partial charge in [-0.2, -0.15) is 13.2 Å². The summed E-state index contributed by atoms with van der Waals surface area (Å²) in [6.45, 7) is 1.75. The Labute approximate surface area is 236 Å². The number of carboxylic acids is 1. The highest BCUT2D eigenvalue weighted by Crippen LogP contribution is 2.37. The molecule has 4 rings (SSSR count). The minimum atomic E-state index is -4.93. The van der Waals surface area contributed by atoms with E-state index in [1.165, 1.54) is 6.07 Å². The molecule has 1 heterocycles. The van der Waals surface area contributed by atoms with Crippen LogP contribution in [0.15, 0.2) is 63.8 Å². The highest BCUT2D eigenvalue weighted by atomic mass is 35.5. The number of unbranched alkanes of at least 4 members (excludes halogenated alkanes) is 1. The smallest absolute Gasteiger partial charge is 0.418 e. The van der Waals surface area contributed by atoms with Crippen molar-refractivity contribution in [3.05, 3.63) is 98.1 Å². The van der Waals surface area contributed by atoms with E-state index in [1.807, 2.05) is 12.1 Å². The Hall–Kier alpha value is -4.18. The lowest BCUT2D eigenvalue weighted by atomic mass is 9.92. The van der Waals surface area contributed by atoms with Gasteiger partial charge in [0.1, 0.15) is 11.4 Å². The van der Waals surface area contributed by atoms with Crippen molar-refractivity contribution in [3.8, 4) is 11.1 Å². The molecule has 0 saturated heterocycles. The van der Waals surface area contributed by atoms with E-state index in [0.717, 1.165) is 17.7 Å². The van der Waals surface area contributed by atoms with E-state index in [1.54, 1.807) is 25.1 Å². The number of carbonyl (C=O) groups excluding carboxylic acids is 1. The first-order valence-corrected chi connectivity index (χ1v) is 12.9. The molecule has 0 aliphatic heterocycles. The quantitative estimate of drug-likeness (QED) is 0.119. The molecule has 0 saturated carbocycles. The lowest BCUT2D eigenvalue weighted by Crippen LogP contribution is -2.22. The average Bonchev–Trinajstić information content (AvgIpc) is 2.89. The summed E-state index contributed by atoms with van der Waals surface area (Å²) in [5, 5.41) is 11.8. The predicted molar refractivity (Wildman–Crippen MR) is 147 cm³/mol. The van der Waals surface area contributed by atoms with Crippen LogP contribution in [0.5, 0.6) is 0 Å². The number of carbonyl (C=O) groups is 2. The zero-order valence-corrected chi connectivity index (χ0v) is 22.5. The Kier molecular flexibility index (Phi) is 8.82. The van der Waals surface area contributed by atoms with Gasteiger partial charge in [-0.15, -0.1) is 0 Å². The third-order valence-electron chi connectivity index (χ3n) is 6.50. The van der Waals surface area contributed by atoms with Crippen molar-refractivity contribution in [3.63, 3.8) is 0 Å². The second-order valence-electron chi connectivity index (χ2n) is 9.55. The van der Waals surface area contributed by atoms with Gasteiger partial charge in [0.05, 0.1) is 23.2 Å². The number of fused-ring (bicyclic) bond motifs is 1. The Bertz CT molecular complexity index is 1700. The normalized spacial score (nSPS) is 11.6. The third-order valence-corrected chi connectivity index (χ3v) is 6.91. The number of carboxylic acid groups (broad SMARTS) is 1. The topological polar surface area (TPSA) is 96.6 Å². The summed E-state index contributed by atoms with van der Waals surface area (Å²) >= 11 is 6.25. The maximum atomic E-state index is 13.5. The van der Waals surface area contributed by atoms with Crippen molar-refractivity contribution in [1.82, 2.24) is 0 Å². The molecule has 2 N–H and O–H groups in total. The van der Waals surface area contributed by atoms with Crippen molar-refractivity contribution in [2.24, 2.45) is 0 Å². The monoisotopic (exact) mass is 589 g/mol. The molecule has 3 aromatic carbocycles. The summed E-state index contributed by atoms with van der Waals surface area (Å²) in [7, 11) is 0. The highest BCUT2D eigenvalue weighted by molar-refractivity contribution is 6.32. The Morgan fingerprint density at radius 2 is 1.80 bits per heavy atom. The van der Waals surface area contributed by atoms with Gasteiger partial charge in [0.2, 0.25) is 5.91 Å². The van der Waals surface area contributed by atoms with Gasteiger partial charge in [-0.3, -0.25) is 9.59 Å². The first-order chi connectivity index (χ1) is 19.3. The van der Waals surface area contributed by atoms with Crippen molar-refractivity contribution in [2.45, 2.75) is 45.2 Å². The van der Waals surface area contributed by atoms with E-state index in [4.69, 9.17) is 21.1 Å². The van der Waals surface area contributed by atoms with Crippen molar-refractivity contribution >= 4 is 40.1 Å². The van der Waals surface area contributed by atoms with Gasteiger partial charge >= 0.3 is 17.8 Å². The number of alkyl halides is 3. The number of aryl methyl sites for hydroxylation is 2. The number of hydrogen-bond acceptors (Lipinski definition) is 4. The van der Waals surface area contributed by atoms with Crippen molar-refractivity contribution < 1.29 is 36.7 Å². The largest absolute Gasteiger partial charge is 0.481 e. The number of rotatable bonds is 9. The molecule has 0 bridgehead atoms. The predicted octanol–water partition coefficient (Wildman–Crippen LogP) is 7.56. The molecular formula is C30H24ClF4NO5. The second-order valence-corrected chi connectivity index (χ2v) is 9.96. The number of anilines is 1. The van der Waals surface area contributed by atoms with Gasteiger partial charge in [-0.25, -0.2) is 9.18 Å². The minimum Gasteiger partial charge on any atom is -0.481 e. The standard InChI is InChI=1S/C30H24ClF4NO5/c1-16-11-20-25(15-23(16)31)41-29(40)21(14-26(37)36-24-10-9-19(32)13-22(24)30(33,34)35)28(20)18-7-4-6-17(12-18)5-2-3-8-27(38)39/h4,6-7,9-13,15H,2-3,5,8,14H2,1H3,(H,36,37)(H,38,39). The molecule has 0 unspecified atom stereocenters. The van der Waals surface area contributed by atoms with E-state index in [2.05, 4.69) is 5.32 Å². The van der Waals surface area contributed by atoms with Crippen LogP contribution in [0.4, 0.5) is 23.2 Å². The molecule has 11 heteroatoms. The van der Waals surface area contributed by atoms with Crippen LogP contribution >= 0.6 is 11.6 Å². The molecule has 6 nitrogen and oxygen atoms in total. The lowest BCUT2D eigenvalue weighted by molar-refractivity contribution is -0.138. The highest BCUT2D eigenvalue weighted by Gasteiger charge is 2.34. The molecule has 1 aromatic heterocycles. The van der Waals surface area contributed by atoms with E-state index in [9.17, 15) is 31.9 Å². The molecule has 0 fully saturated rings. The molecular weight excluding hydrogens is 566 g/mol. The van der Waals surface area contributed by atoms with Crippen LogP contribution < -0.4 is 10.9 Å². The summed E-state index contributed by atoms with van der Waals surface area (Å²) in [5.74, 6) is -2.95. The van der Waals surface area contributed by atoms with Crippen LogP contribution in [-0.2, 0) is 28.6 Å². The van der Waals surface area contributed by atoms with Gasteiger partial charge in [-0.05, 0) is 67.1 Å².